The van der Waals surface area contributed by atoms with Gasteiger partial charge < -0.3 is 9.80 Å². The van der Waals surface area contributed by atoms with Crippen LogP contribution in [0.5, 0.6) is 0 Å². The molecule has 1 saturated heterocycles. The molecule has 0 spiro atoms. The van der Waals surface area contributed by atoms with Crippen molar-refractivity contribution in [1.29, 1.82) is 0 Å². The third-order valence-electron chi connectivity index (χ3n) is 5.78. The van der Waals surface area contributed by atoms with Gasteiger partial charge in [0.15, 0.2) is 0 Å². The number of carbonyl (C=O) groups excluding carboxylic acids is 2. The SMILES string of the molecule is C/C=C(\C)C(=O)N1CCC([C@H](Cc2ccc(F)cc2F)N(C)C(=O)CC)CC1. The number of likely N-dealkylation sites (tertiary alicyclic amines) is 1. The summed E-state index contributed by atoms with van der Waals surface area (Å²) in [7, 11) is 1.75. The third-order valence-corrected chi connectivity index (χ3v) is 5.78. The molecule has 2 amide bonds. The zero-order valence-corrected chi connectivity index (χ0v) is 17.2. The quantitative estimate of drug-likeness (QED) is 0.688. The zero-order valence-electron chi connectivity index (χ0n) is 17.2. The number of allylic oxidation sites excluding steroid dienone is 1. The fourth-order valence-corrected chi connectivity index (χ4v) is 3.83. The Balaban J connectivity index is 2.16. The summed E-state index contributed by atoms with van der Waals surface area (Å²) in [6.45, 7) is 6.69. The molecule has 0 unspecified atom stereocenters. The van der Waals surface area contributed by atoms with Crippen LogP contribution in [0, 0.1) is 17.6 Å². The lowest BCUT2D eigenvalue weighted by Crippen LogP contribution is -2.48. The van der Waals surface area contributed by atoms with Crippen LogP contribution in [0.3, 0.4) is 0 Å². The van der Waals surface area contributed by atoms with E-state index in [9.17, 15) is 18.4 Å². The van der Waals surface area contributed by atoms with E-state index in [2.05, 4.69) is 0 Å². The number of amides is 2. The Labute approximate surface area is 166 Å². The minimum atomic E-state index is -0.609. The highest BCUT2D eigenvalue weighted by Gasteiger charge is 2.33. The molecule has 0 aromatic heterocycles. The molecule has 1 aliphatic heterocycles. The lowest BCUT2D eigenvalue weighted by atomic mass is 9.84. The van der Waals surface area contributed by atoms with Crippen molar-refractivity contribution < 1.29 is 18.4 Å². The highest BCUT2D eigenvalue weighted by Crippen LogP contribution is 2.28. The molecule has 6 heteroatoms. The van der Waals surface area contributed by atoms with Crippen molar-refractivity contribution in [3.63, 3.8) is 0 Å². The molecular formula is C22H30F2N2O2. The predicted molar refractivity (Wildman–Crippen MR) is 106 cm³/mol. The number of piperidine rings is 1. The molecule has 0 bridgehead atoms. The number of carbonyl (C=O) groups is 2. The first-order valence-electron chi connectivity index (χ1n) is 9.90. The molecule has 0 radical (unpaired) electrons. The normalized spacial score (nSPS) is 16.8. The summed E-state index contributed by atoms with van der Waals surface area (Å²) in [6.07, 6.45) is 4.01. The summed E-state index contributed by atoms with van der Waals surface area (Å²) in [6, 6.07) is 3.40. The van der Waals surface area contributed by atoms with Gasteiger partial charge in [-0.2, -0.15) is 0 Å². The molecule has 0 aliphatic carbocycles. The molecule has 1 fully saturated rings. The van der Waals surface area contributed by atoms with Crippen LogP contribution < -0.4 is 0 Å². The minimum Gasteiger partial charge on any atom is -0.342 e. The van der Waals surface area contributed by atoms with E-state index in [0.29, 0.717) is 31.5 Å². The summed E-state index contributed by atoms with van der Waals surface area (Å²) < 4.78 is 27.5. The first-order chi connectivity index (χ1) is 13.3. The molecule has 1 atom stereocenters. The van der Waals surface area contributed by atoms with Crippen molar-refractivity contribution in [3.05, 3.63) is 47.0 Å². The summed E-state index contributed by atoms with van der Waals surface area (Å²) in [5.41, 5.74) is 1.13. The van der Waals surface area contributed by atoms with Gasteiger partial charge in [0.1, 0.15) is 11.6 Å². The van der Waals surface area contributed by atoms with Crippen molar-refractivity contribution in [2.75, 3.05) is 20.1 Å². The fraction of sp³-hybridized carbons (Fsp3) is 0.545. The Morgan fingerprint density at radius 2 is 1.93 bits per heavy atom. The van der Waals surface area contributed by atoms with Crippen molar-refractivity contribution in [1.82, 2.24) is 9.80 Å². The van der Waals surface area contributed by atoms with Crippen LogP contribution in [0.1, 0.15) is 45.6 Å². The Hall–Kier alpha value is -2.24. The van der Waals surface area contributed by atoms with Crippen LogP contribution in [-0.2, 0) is 16.0 Å². The molecule has 4 nitrogen and oxygen atoms in total. The van der Waals surface area contributed by atoms with Gasteiger partial charge in [-0.05, 0) is 50.7 Å². The minimum absolute atomic E-state index is 0.00390. The summed E-state index contributed by atoms with van der Waals surface area (Å²) >= 11 is 0. The van der Waals surface area contributed by atoms with Gasteiger partial charge in [0, 0.05) is 44.2 Å². The number of hydrogen-bond acceptors (Lipinski definition) is 2. The van der Waals surface area contributed by atoms with Crippen molar-refractivity contribution >= 4 is 11.8 Å². The molecule has 2 rings (SSSR count). The molecular weight excluding hydrogens is 362 g/mol. The van der Waals surface area contributed by atoms with Gasteiger partial charge in [0.2, 0.25) is 11.8 Å². The standard InChI is InChI=1S/C22H30F2N2O2/c1-5-15(3)22(28)26-11-9-16(10-12-26)20(25(4)21(27)6-2)13-17-7-8-18(23)14-19(17)24/h5,7-8,14,16,20H,6,9-13H2,1-4H3/b15-5+/t20-/m0/s1. The number of nitrogens with zero attached hydrogens (tertiary/aromatic N) is 2. The molecule has 0 saturated carbocycles. The molecule has 154 valence electrons. The van der Waals surface area contributed by atoms with E-state index in [-0.39, 0.29) is 23.8 Å². The van der Waals surface area contributed by atoms with Crippen LogP contribution in [0.25, 0.3) is 0 Å². The maximum absolute atomic E-state index is 14.2. The van der Waals surface area contributed by atoms with Gasteiger partial charge >= 0.3 is 0 Å². The van der Waals surface area contributed by atoms with Gasteiger partial charge in [-0.15, -0.1) is 0 Å². The van der Waals surface area contributed by atoms with Gasteiger partial charge in [0.05, 0.1) is 0 Å². The lowest BCUT2D eigenvalue weighted by Gasteiger charge is -2.40. The Bertz CT molecular complexity index is 740. The Morgan fingerprint density at radius 1 is 1.29 bits per heavy atom. The van der Waals surface area contributed by atoms with E-state index < -0.39 is 11.6 Å². The van der Waals surface area contributed by atoms with Gasteiger partial charge in [-0.1, -0.05) is 19.1 Å². The second-order valence-electron chi connectivity index (χ2n) is 7.47. The van der Waals surface area contributed by atoms with Crippen LogP contribution >= 0.6 is 0 Å². The first-order valence-corrected chi connectivity index (χ1v) is 9.90. The second-order valence-corrected chi connectivity index (χ2v) is 7.47. The van der Waals surface area contributed by atoms with Gasteiger partial charge in [-0.25, -0.2) is 8.78 Å². The molecule has 28 heavy (non-hydrogen) atoms. The summed E-state index contributed by atoms with van der Waals surface area (Å²) in [4.78, 5) is 28.2. The number of rotatable bonds is 6. The zero-order chi connectivity index (χ0) is 20.8. The van der Waals surface area contributed by atoms with E-state index >= 15 is 0 Å². The molecule has 0 N–H and O–H groups in total. The monoisotopic (exact) mass is 392 g/mol. The maximum atomic E-state index is 14.2. The van der Waals surface area contributed by atoms with E-state index in [1.807, 2.05) is 24.8 Å². The molecule has 1 aromatic carbocycles. The molecule has 1 aromatic rings. The van der Waals surface area contributed by atoms with Crippen LogP contribution in [0.15, 0.2) is 29.8 Å². The molecule has 1 heterocycles. The summed E-state index contributed by atoms with van der Waals surface area (Å²) in [5, 5.41) is 0. The first kappa shape index (κ1) is 22.1. The Kier molecular flexibility index (Phi) is 7.72. The number of likely N-dealkylation sites (N-methyl/N-ethyl adjacent to an activating group) is 1. The highest BCUT2D eigenvalue weighted by molar-refractivity contribution is 5.92. The highest BCUT2D eigenvalue weighted by atomic mass is 19.1. The van der Waals surface area contributed by atoms with Crippen LogP contribution in [0.2, 0.25) is 0 Å². The number of benzene rings is 1. The Morgan fingerprint density at radius 3 is 2.46 bits per heavy atom. The average molecular weight is 392 g/mol. The second kappa shape index (κ2) is 9.80. The average Bonchev–Trinajstić information content (AvgIpc) is 2.71. The van der Waals surface area contributed by atoms with E-state index in [1.54, 1.807) is 18.9 Å². The van der Waals surface area contributed by atoms with E-state index in [1.165, 1.54) is 12.1 Å². The largest absolute Gasteiger partial charge is 0.342 e. The third kappa shape index (κ3) is 5.18. The van der Waals surface area contributed by atoms with E-state index in [0.717, 1.165) is 24.5 Å². The number of halogens is 2. The smallest absolute Gasteiger partial charge is 0.249 e. The van der Waals surface area contributed by atoms with E-state index in [4.69, 9.17) is 0 Å². The molecule has 1 aliphatic rings. The van der Waals surface area contributed by atoms with Gasteiger partial charge in [-0.3, -0.25) is 9.59 Å². The number of hydrogen-bond donors (Lipinski definition) is 0. The van der Waals surface area contributed by atoms with Crippen molar-refractivity contribution in [2.24, 2.45) is 5.92 Å². The van der Waals surface area contributed by atoms with Crippen molar-refractivity contribution in [3.8, 4) is 0 Å². The van der Waals surface area contributed by atoms with Crippen molar-refractivity contribution in [2.45, 2.75) is 52.5 Å². The lowest BCUT2D eigenvalue weighted by molar-refractivity contribution is -0.134. The van der Waals surface area contributed by atoms with Gasteiger partial charge in [0.25, 0.3) is 0 Å². The van der Waals surface area contributed by atoms with Crippen LogP contribution in [0.4, 0.5) is 8.78 Å². The summed E-state index contributed by atoms with van der Waals surface area (Å²) in [5.74, 6) is -1.00. The predicted octanol–water partition coefficient (Wildman–Crippen LogP) is 3.95. The fourth-order valence-electron chi connectivity index (χ4n) is 3.83. The topological polar surface area (TPSA) is 40.6 Å². The van der Waals surface area contributed by atoms with Crippen LogP contribution in [-0.4, -0.2) is 47.8 Å². The maximum Gasteiger partial charge on any atom is 0.249 e.